The zero-order valence-corrected chi connectivity index (χ0v) is 27.4. The maximum atomic E-state index is 12.8. The van der Waals surface area contributed by atoms with Crippen molar-refractivity contribution in [3.05, 3.63) is 43.5 Å². The van der Waals surface area contributed by atoms with Crippen molar-refractivity contribution in [2.24, 2.45) is 4.99 Å². The molecule has 0 aliphatic rings. The van der Waals surface area contributed by atoms with Crippen molar-refractivity contribution >= 4 is 87.4 Å². The zero-order chi connectivity index (χ0) is 31.0. The van der Waals surface area contributed by atoms with Crippen molar-refractivity contribution < 1.29 is 41.8 Å². The lowest BCUT2D eigenvalue weighted by Gasteiger charge is -2.07. The van der Waals surface area contributed by atoms with E-state index in [4.69, 9.17) is 14.2 Å². The fourth-order valence-electron chi connectivity index (χ4n) is 3.83. The van der Waals surface area contributed by atoms with Gasteiger partial charge in [0.1, 0.15) is 21.4 Å². The van der Waals surface area contributed by atoms with E-state index < -0.39 is 45.1 Å². The predicted molar refractivity (Wildman–Crippen MR) is 163 cm³/mol. The first-order chi connectivity index (χ1) is 19.9. The smallest absolute Gasteiger partial charge is 0.348 e. The molecule has 3 rings (SSSR count). The third kappa shape index (κ3) is 8.56. The van der Waals surface area contributed by atoms with Crippen LogP contribution in [0.15, 0.2) is 27.7 Å². The summed E-state index contributed by atoms with van der Waals surface area (Å²) in [6.07, 6.45) is 0. The molecule has 0 aliphatic carbocycles. The van der Waals surface area contributed by atoms with Crippen LogP contribution in [0.4, 0.5) is 5.00 Å². The predicted octanol–water partition coefficient (Wildman–Crippen LogP) is 3.71. The van der Waals surface area contributed by atoms with E-state index in [1.165, 1.54) is 18.3 Å². The third-order valence-electron chi connectivity index (χ3n) is 5.56. The molecule has 12 nitrogen and oxygen atoms in total. The fourth-order valence-corrected chi connectivity index (χ4v) is 7.58. The van der Waals surface area contributed by atoms with Gasteiger partial charge in [-0.15, -0.1) is 11.3 Å². The summed E-state index contributed by atoms with van der Waals surface area (Å²) < 4.78 is 44.5. The Labute approximate surface area is 258 Å². The monoisotopic (exact) mass is 703 g/mol. The van der Waals surface area contributed by atoms with Crippen molar-refractivity contribution in [3.63, 3.8) is 0 Å². The minimum atomic E-state index is -4.26. The summed E-state index contributed by atoms with van der Waals surface area (Å²) in [5.74, 6) is -5.48. The average Bonchev–Trinajstić information content (AvgIpc) is 3.39. The molecule has 0 saturated carbocycles. The second-order valence-electron chi connectivity index (χ2n) is 8.63. The SMILES string of the molecule is CCOCCn1c(=NC(=O)CS(=O)(=O)CC(=O)Nc2sc(C(=O)OCC)c(C)c2C(=O)OCC)sc2cc(Br)ccc21. The van der Waals surface area contributed by atoms with E-state index >= 15 is 0 Å². The van der Waals surface area contributed by atoms with E-state index in [1.54, 1.807) is 18.4 Å². The Bertz CT molecular complexity index is 1670. The van der Waals surface area contributed by atoms with Crippen molar-refractivity contribution in [1.29, 1.82) is 0 Å². The molecule has 2 aromatic heterocycles. The Morgan fingerprint density at radius 2 is 1.69 bits per heavy atom. The van der Waals surface area contributed by atoms with Crippen molar-refractivity contribution in [2.45, 2.75) is 34.2 Å². The number of thiazole rings is 1. The summed E-state index contributed by atoms with van der Waals surface area (Å²) >= 11 is 5.40. The summed E-state index contributed by atoms with van der Waals surface area (Å²) in [4.78, 5) is 54.8. The highest BCUT2D eigenvalue weighted by Gasteiger charge is 2.29. The number of ether oxygens (including phenoxy) is 3. The van der Waals surface area contributed by atoms with Crippen molar-refractivity contribution in [3.8, 4) is 0 Å². The quantitative estimate of drug-likeness (QED) is 0.207. The van der Waals surface area contributed by atoms with E-state index in [9.17, 15) is 27.6 Å². The van der Waals surface area contributed by atoms with Crippen molar-refractivity contribution in [2.75, 3.05) is 43.3 Å². The molecule has 16 heteroatoms. The average molecular weight is 705 g/mol. The van der Waals surface area contributed by atoms with Gasteiger partial charge in [-0.1, -0.05) is 27.3 Å². The normalized spacial score (nSPS) is 12.0. The standard InChI is InChI=1S/C26H30BrN3O9S3/c1-5-37-11-10-30-17-9-8-16(27)12-18(17)40-26(30)29-20(32)14-42(35,36)13-19(31)28-23-21(24(33)38-6-2)15(4)22(41-23)25(34)39-7-3/h8-9,12H,5-7,10-11,13-14H2,1-4H3,(H,28,31). The molecule has 0 aliphatic heterocycles. The number of sulfone groups is 1. The van der Waals surface area contributed by atoms with Crippen LogP contribution in [0.5, 0.6) is 0 Å². The number of amides is 2. The highest BCUT2D eigenvalue weighted by molar-refractivity contribution is 9.10. The molecule has 42 heavy (non-hydrogen) atoms. The molecule has 0 saturated heterocycles. The number of rotatable bonds is 13. The largest absolute Gasteiger partial charge is 0.462 e. The number of aromatic nitrogens is 1. The van der Waals surface area contributed by atoms with Crippen LogP contribution in [0.1, 0.15) is 46.4 Å². The minimum Gasteiger partial charge on any atom is -0.462 e. The lowest BCUT2D eigenvalue weighted by atomic mass is 10.1. The summed E-state index contributed by atoms with van der Waals surface area (Å²) in [5.41, 5.74) is 0.967. The topological polar surface area (TPSA) is 159 Å². The second kappa shape index (κ2) is 15.0. The van der Waals surface area contributed by atoms with Crippen LogP contribution in [0.2, 0.25) is 0 Å². The van der Waals surface area contributed by atoms with Crippen LogP contribution < -0.4 is 10.1 Å². The molecule has 0 radical (unpaired) electrons. The third-order valence-corrected chi connectivity index (χ3v) is 9.67. The van der Waals surface area contributed by atoms with Gasteiger partial charge in [-0.05, 0) is 51.5 Å². The Morgan fingerprint density at radius 3 is 2.36 bits per heavy atom. The Morgan fingerprint density at radius 1 is 1.00 bits per heavy atom. The van der Waals surface area contributed by atoms with Gasteiger partial charge in [0.05, 0.1) is 35.6 Å². The molecule has 228 valence electrons. The molecule has 2 amide bonds. The van der Waals surface area contributed by atoms with Crippen LogP contribution in [0.25, 0.3) is 10.2 Å². The Balaban J connectivity index is 1.81. The van der Waals surface area contributed by atoms with E-state index in [0.717, 1.165) is 26.0 Å². The minimum absolute atomic E-state index is 0.0406. The highest BCUT2D eigenvalue weighted by atomic mass is 79.9. The van der Waals surface area contributed by atoms with E-state index in [-0.39, 0.29) is 34.2 Å². The van der Waals surface area contributed by atoms with Crippen LogP contribution in [-0.2, 0) is 40.2 Å². The molecule has 0 unspecified atom stereocenters. The molecule has 1 aromatic carbocycles. The maximum Gasteiger partial charge on any atom is 0.348 e. The summed E-state index contributed by atoms with van der Waals surface area (Å²) in [6, 6.07) is 5.57. The zero-order valence-electron chi connectivity index (χ0n) is 23.4. The lowest BCUT2D eigenvalue weighted by molar-refractivity contribution is -0.115. The van der Waals surface area contributed by atoms with Gasteiger partial charge in [0, 0.05) is 17.6 Å². The van der Waals surface area contributed by atoms with Gasteiger partial charge in [-0.25, -0.2) is 18.0 Å². The summed E-state index contributed by atoms with van der Waals surface area (Å²) in [5, 5.41) is 2.32. The molecule has 1 N–H and O–H groups in total. The number of fused-ring (bicyclic) bond motifs is 1. The number of esters is 2. The molecule has 3 aromatic rings. The van der Waals surface area contributed by atoms with Gasteiger partial charge in [0.15, 0.2) is 14.6 Å². The first-order valence-corrected chi connectivity index (χ1v) is 17.1. The van der Waals surface area contributed by atoms with E-state index in [2.05, 4.69) is 26.2 Å². The van der Waals surface area contributed by atoms with E-state index in [1.807, 2.05) is 25.1 Å². The fraction of sp³-hybridized carbons (Fsp3) is 0.423. The number of hydrogen-bond acceptors (Lipinski definition) is 11. The van der Waals surface area contributed by atoms with Gasteiger partial charge >= 0.3 is 11.9 Å². The maximum absolute atomic E-state index is 12.8. The molecular formula is C26H30BrN3O9S3. The summed E-state index contributed by atoms with van der Waals surface area (Å²) in [7, 11) is -4.26. The van der Waals surface area contributed by atoms with Gasteiger partial charge < -0.3 is 24.1 Å². The molecule has 0 atom stereocenters. The second-order valence-corrected chi connectivity index (χ2v) is 13.6. The number of carbonyl (C=O) groups excluding carboxylic acids is 4. The number of nitrogens with zero attached hydrogens (tertiary/aromatic N) is 2. The van der Waals surface area contributed by atoms with Gasteiger partial charge in [-0.3, -0.25) is 9.59 Å². The molecule has 0 bridgehead atoms. The number of benzene rings is 1. The Hall–Kier alpha value is -2.92. The first kappa shape index (κ1) is 33.6. The molecule has 2 heterocycles. The molecule has 0 spiro atoms. The van der Waals surface area contributed by atoms with Gasteiger partial charge in [0.2, 0.25) is 5.91 Å². The number of anilines is 1. The van der Waals surface area contributed by atoms with Crippen LogP contribution >= 0.6 is 38.6 Å². The van der Waals surface area contributed by atoms with Crippen molar-refractivity contribution in [1.82, 2.24) is 4.57 Å². The molecular weight excluding hydrogens is 674 g/mol. The number of hydrogen-bond donors (Lipinski definition) is 1. The van der Waals surface area contributed by atoms with E-state index in [0.29, 0.717) is 24.6 Å². The lowest BCUT2D eigenvalue weighted by Crippen LogP contribution is -2.28. The van der Waals surface area contributed by atoms with Crippen LogP contribution in [0.3, 0.4) is 0 Å². The number of halogens is 1. The van der Waals surface area contributed by atoms with Gasteiger partial charge in [-0.2, -0.15) is 4.99 Å². The van der Waals surface area contributed by atoms with Crippen LogP contribution in [0, 0.1) is 6.92 Å². The highest BCUT2D eigenvalue weighted by Crippen LogP contribution is 2.34. The summed E-state index contributed by atoms with van der Waals surface area (Å²) in [6.45, 7) is 7.98. The Kier molecular flexibility index (Phi) is 12.0. The number of thiophene rings is 1. The molecule has 0 fully saturated rings. The van der Waals surface area contributed by atoms with Gasteiger partial charge in [0.25, 0.3) is 5.91 Å². The number of nitrogens with one attached hydrogen (secondary N) is 1. The van der Waals surface area contributed by atoms with Crippen LogP contribution in [-0.4, -0.2) is 74.7 Å². The number of carbonyl (C=O) groups is 4. The first-order valence-electron chi connectivity index (χ1n) is 12.8.